The molecule has 4 fully saturated rings. The summed E-state index contributed by atoms with van der Waals surface area (Å²) in [6.07, 6.45) is 6.67. The molecular weight excluding hydrogens is 236 g/mol. The molecule has 0 aromatic carbocycles. The maximum atomic E-state index is 11.9. The van der Waals surface area contributed by atoms with Crippen LogP contribution in [0.5, 0.6) is 0 Å². The van der Waals surface area contributed by atoms with Gasteiger partial charge >= 0.3 is 0 Å². The fourth-order valence-electron chi connectivity index (χ4n) is 4.44. The molecule has 4 saturated carbocycles. The molecule has 0 aliphatic heterocycles. The summed E-state index contributed by atoms with van der Waals surface area (Å²) >= 11 is 0. The van der Waals surface area contributed by atoms with E-state index >= 15 is 0 Å². The van der Waals surface area contributed by atoms with Crippen molar-refractivity contribution in [1.82, 2.24) is 0 Å². The van der Waals surface area contributed by atoms with Gasteiger partial charge in [-0.1, -0.05) is 6.58 Å². The molecule has 0 N–H and O–H groups in total. The van der Waals surface area contributed by atoms with Gasteiger partial charge in [0.05, 0.1) is 10.5 Å². The van der Waals surface area contributed by atoms with Crippen LogP contribution in [-0.4, -0.2) is 14.0 Å². The quantitative estimate of drug-likeness (QED) is 0.729. The topological polar surface area (TPSA) is 43.4 Å². The molecule has 4 heteroatoms. The highest BCUT2D eigenvalue weighted by molar-refractivity contribution is 7.90. The Labute approximate surface area is 103 Å². The Morgan fingerprint density at radius 1 is 1.12 bits per heavy atom. The van der Waals surface area contributed by atoms with Crippen molar-refractivity contribution in [1.29, 1.82) is 0 Å². The molecule has 4 aliphatic carbocycles. The van der Waals surface area contributed by atoms with Crippen LogP contribution in [0.25, 0.3) is 0 Å². The average molecular weight is 256 g/mol. The Balaban J connectivity index is 1.85. The van der Waals surface area contributed by atoms with Crippen LogP contribution in [0.4, 0.5) is 0 Å². The molecule has 17 heavy (non-hydrogen) atoms. The number of rotatable bonds is 3. The van der Waals surface area contributed by atoms with Gasteiger partial charge in [-0.15, -0.1) is 0 Å². The van der Waals surface area contributed by atoms with Gasteiger partial charge in [-0.2, -0.15) is 8.42 Å². The lowest BCUT2D eigenvalue weighted by molar-refractivity contribution is -0.103. The van der Waals surface area contributed by atoms with E-state index in [9.17, 15) is 8.42 Å². The SMILES string of the molecule is C=C(C)S(=O)(=O)OC12CC3CC(CC(C3)C1)C2. The minimum atomic E-state index is -3.56. The van der Waals surface area contributed by atoms with Crippen LogP contribution in [0.2, 0.25) is 0 Å². The van der Waals surface area contributed by atoms with Crippen LogP contribution in [0, 0.1) is 17.8 Å². The predicted octanol–water partition coefficient (Wildman–Crippen LogP) is 2.84. The fourth-order valence-corrected chi connectivity index (χ4v) is 5.25. The summed E-state index contributed by atoms with van der Waals surface area (Å²) in [5, 5.41) is 0. The summed E-state index contributed by atoms with van der Waals surface area (Å²) in [4.78, 5) is 0.133. The monoisotopic (exact) mass is 256 g/mol. The maximum Gasteiger partial charge on any atom is 0.292 e. The third-order valence-corrected chi connectivity index (χ3v) is 6.12. The second-order valence-electron chi connectivity index (χ2n) is 6.34. The van der Waals surface area contributed by atoms with Crippen LogP contribution >= 0.6 is 0 Å². The Bertz CT molecular complexity index is 414. The molecule has 0 unspecified atom stereocenters. The highest BCUT2D eigenvalue weighted by Gasteiger charge is 2.53. The van der Waals surface area contributed by atoms with E-state index < -0.39 is 10.1 Å². The molecule has 4 rings (SSSR count). The van der Waals surface area contributed by atoms with Crippen molar-refractivity contribution in [2.75, 3.05) is 0 Å². The summed E-state index contributed by atoms with van der Waals surface area (Å²) < 4.78 is 29.4. The van der Waals surface area contributed by atoms with Crippen molar-refractivity contribution in [2.24, 2.45) is 17.8 Å². The molecule has 4 aliphatic rings. The third kappa shape index (κ3) is 1.95. The lowest BCUT2D eigenvalue weighted by atomic mass is 9.54. The molecule has 0 spiro atoms. The van der Waals surface area contributed by atoms with E-state index in [1.165, 1.54) is 26.2 Å². The first-order chi connectivity index (χ1) is 7.89. The van der Waals surface area contributed by atoms with Gasteiger partial charge in [-0.25, -0.2) is 0 Å². The minimum absolute atomic E-state index is 0.133. The standard InChI is InChI=1S/C13H20O3S/c1-9(2)17(14,15)16-13-6-10-3-11(7-13)5-12(4-10)8-13/h10-12H,1,3-8H2,2H3. The first-order valence-corrected chi connectivity index (χ1v) is 7.90. The molecule has 0 atom stereocenters. The Morgan fingerprint density at radius 3 is 1.88 bits per heavy atom. The van der Waals surface area contributed by atoms with Crippen molar-refractivity contribution >= 4 is 10.1 Å². The van der Waals surface area contributed by atoms with Gasteiger partial charge < -0.3 is 0 Å². The van der Waals surface area contributed by atoms with E-state index in [0.717, 1.165) is 19.3 Å². The molecule has 96 valence electrons. The number of allylic oxidation sites excluding steroid dienone is 1. The molecule has 0 radical (unpaired) electrons. The molecular formula is C13H20O3S. The second-order valence-corrected chi connectivity index (χ2v) is 8.11. The van der Waals surface area contributed by atoms with Crippen LogP contribution in [0.3, 0.4) is 0 Å². The van der Waals surface area contributed by atoms with Crippen molar-refractivity contribution in [3.05, 3.63) is 11.5 Å². The maximum absolute atomic E-state index is 11.9. The van der Waals surface area contributed by atoms with Crippen LogP contribution < -0.4 is 0 Å². The van der Waals surface area contributed by atoms with Gasteiger partial charge in [0.2, 0.25) is 0 Å². The van der Waals surface area contributed by atoms with Crippen LogP contribution in [0.1, 0.15) is 45.4 Å². The van der Waals surface area contributed by atoms with Gasteiger partial charge in [-0.05, 0) is 63.2 Å². The normalized spacial score (nSPS) is 43.9. The largest absolute Gasteiger partial charge is 0.292 e. The van der Waals surface area contributed by atoms with E-state index in [1.807, 2.05) is 0 Å². The molecule has 0 aromatic rings. The predicted molar refractivity (Wildman–Crippen MR) is 65.7 cm³/mol. The molecule has 0 heterocycles. The van der Waals surface area contributed by atoms with Gasteiger partial charge in [0.1, 0.15) is 0 Å². The van der Waals surface area contributed by atoms with Crippen molar-refractivity contribution < 1.29 is 12.6 Å². The summed E-state index contributed by atoms with van der Waals surface area (Å²) in [6, 6.07) is 0. The van der Waals surface area contributed by atoms with Gasteiger partial charge in [0.25, 0.3) is 10.1 Å². The summed E-state index contributed by atoms with van der Waals surface area (Å²) in [7, 11) is -3.56. The third-order valence-electron chi connectivity index (χ3n) is 4.70. The van der Waals surface area contributed by atoms with Crippen molar-refractivity contribution in [3.8, 4) is 0 Å². The highest BCUT2D eigenvalue weighted by atomic mass is 32.2. The summed E-state index contributed by atoms with van der Waals surface area (Å²) in [5.74, 6) is 2.09. The zero-order valence-electron chi connectivity index (χ0n) is 10.3. The number of hydrogen-bond donors (Lipinski definition) is 0. The van der Waals surface area contributed by atoms with Crippen molar-refractivity contribution in [2.45, 2.75) is 51.0 Å². The van der Waals surface area contributed by atoms with E-state index in [-0.39, 0.29) is 10.5 Å². The lowest BCUT2D eigenvalue weighted by Gasteiger charge is -2.55. The Kier molecular flexibility index (Phi) is 2.47. The van der Waals surface area contributed by atoms with Gasteiger partial charge in [0.15, 0.2) is 0 Å². The summed E-state index contributed by atoms with van der Waals surface area (Å²) in [6.45, 7) is 5.02. The van der Waals surface area contributed by atoms with Crippen LogP contribution in [0.15, 0.2) is 11.5 Å². The molecule has 0 amide bonds. The molecule has 0 saturated heterocycles. The first kappa shape index (κ1) is 11.7. The fraction of sp³-hybridized carbons (Fsp3) is 0.846. The zero-order valence-corrected chi connectivity index (χ0v) is 11.1. The van der Waals surface area contributed by atoms with E-state index in [1.54, 1.807) is 0 Å². The first-order valence-electron chi connectivity index (χ1n) is 6.50. The van der Waals surface area contributed by atoms with Crippen molar-refractivity contribution in [3.63, 3.8) is 0 Å². The van der Waals surface area contributed by atoms with Gasteiger partial charge in [-0.3, -0.25) is 4.18 Å². The van der Waals surface area contributed by atoms with E-state index in [4.69, 9.17) is 4.18 Å². The second kappa shape index (κ2) is 3.58. The lowest BCUT2D eigenvalue weighted by Crippen LogP contribution is -2.52. The Morgan fingerprint density at radius 2 is 1.53 bits per heavy atom. The number of hydrogen-bond acceptors (Lipinski definition) is 3. The summed E-state index contributed by atoms with van der Waals surface area (Å²) in [5.41, 5.74) is -0.382. The Hall–Kier alpha value is -0.350. The smallest absolute Gasteiger partial charge is 0.260 e. The van der Waals surface area contributed by atoms with Crippen LogP contribution in [-0.2, 0) is 14.3 Å². The highest BCUT2D eigenvalue weighted by Crippen LogP contribution is 2.57. The molecule has 4 bridgehead atoms. The zero-order chi connectivity index (χ0) is 12.3. The average Bonchev–Trinajstić information content (AvgIpc) is 2.12. The molecule has 3 nitrogen and oxygen atoms in total. The van der Waals surface area contributed by atoms with Gasteiger partial charge in [0, 0.05) is 0 Å². The van der Waals surface area contributed by atoms with E-state index in [0.29, 0.717) is 17.8 Å². The molecule has 0 aromatic heterocycles. The minimum Gasteiger partial charge on any atom is -0.260 e. The van der Waals surface area contributed by atoms with E-state index in [2.05, 4.69) is 6.58 Å².